The fourth-order valence-electron chi connectivity index (χ4n) is 2.22. The predicted octanol–water partition coefficient (Wildman–Crippen LogP) is 0.662. The van der Waals surface area contributed by atoms with Crippen molar-refractivity contribution in [3.63, 3.8) is 0 Å². The first-order valence-corrected chi connectivity index (χ1v) is 8.39. The molecule has 3 rings (SSSR count). The minimum atomic E-state index is -0.509. The summed E-state index contributed by atoms with van der Waals surface area (Å²) in [6.07, 6.45) is 2.86. The Labute approximate surface area is 157 Å². The van der Waals surface area contributed by atoms with E-state index in [0.29, 0.717) is 5.76 Å². The number of anilines is 1. The van der Waals surface area contributed by atoms with Gasteiger partial charge in [-0.25, -0.2) is 9.98 Å². The summed E-state index contributed by atoms with van der Waals surface area (Å²) in [4.78, 5) is 7.85. The molecule has 0 amide bonds. The lowest BCUT2D eigenvalue weighted by molar-refractivity contribution is -0.739. The van der Waals surface area contributed by atoms with Gasteiger partial charge in [0.05, 0.1) is 17.4 Å². The number of hydrogen-bond acceptors (Lipinski definition) is 10. The second-order valence-electron chi connectivity index (χ2n) is 5.14. The lowest BCUT2D eigenvalue weighted by atomic mass is 10.0. The molecule has 0 radical (unpaired) electrons. The van der Waals surface area contributed by atoms with Crippen molar-refractivity contribution in [1.82, 2.24) is 10.3 Å². The maximum absolute atomic E-state index is 12.0. The van der Waals surface area contributed by atoms with Gasteiger partial charge < -0.3 is 15.3 Å². The van der Waals surface area contributed by atoms with Crippen LogP contribution in [0.4, 0.5) is 11.7 Å². The largest absolute Gasteiger partial charge is 0.861 e. The van der Waals surface area contributed by atoms with Gasteiger partial charge in [0.15, 0.2) is 12.3 Å². The van der Waals surface area contributed by atoms with Crippen molar-refractivity contribution in [2.75, 3.05) is 11.5 Å². The minimum Gasteiger partial charge on any atom is -0.861 e. The van der Waals surface area contributed by atoms with Crippen molar-refractivity contribution < 1.29 is 18.7 Å². The fraction of sp³-hybridized carbons (Fsp3) is 0.125. The number of aliphatic imine (C=N–C) groups is 1. The van der Waals surface area contributed by atoms with E-state index in [0.717, 1.165) is 11.8 Å². The topological polar surface area (TPSA) is 165 Å². The molecule has 0 unspecified atom stereocenters. The van der Waals surface area contributed by atoms with Crippen molar-refractivity contribution in [3.05, 3.63) is 35.7 Å². The monoisotopic (exact) mass is 381 g/mol. The molecule has 0 aliphatic rings. The van der Waals surface area contributed by atoms with Crippen LogP contribution in [0.2, 0.25) is 0 Å². The van der Waals surface area contributed by atoms with Crippen molar-refractivity contribution in [1.29, 1.82) is 10.5 Å². The van der Waals surface area contributed by atoms with Gasteiger partial charge in [-0.05, 0) is 18.0 Å². The van der Waals surface area contributed by atoms with Gasteiger partial charge in [0, 0.05) is 5.75 Å². The van der Waals surface area contributed by atoms with Crippen LogP contribution in [-0.2, 0) is 7.05 Å². The van der Waals surface area contributed by atoms with Crippen molar-refractivity contribution in [3.8, 4) is 23.5 Å². The molecule has 0 aliphatic heterocycles. The van der Waals surface area contributed by atoms with E-state index in [4.69, 9.17) is 14.7 Å². The molecule has 10 nitrogen and oxygen atoms in total. The van der Waals surface area contributed by atoms with Gasteiger partial charge >= 0.3 is 5.88 Å². The van der Waals surface area contributed by atoms with Crippen LogP contribution in [0.5, 0.6) is 0 Å². The van der Waals surface area contributed by atoms with Crippen LogP contribution in [0.3, 0.4) is 0 Å². The zero-order valence-electron chi connectivity index (χ0n) is 13.9. The van der Waals surface area contributed by atoms with Crippen LogP contribution in [-0.4, -0.2) is 21.9 Å². The Morgan fingerprint density at radius 3 is 2.78 bits per heavy atom. The Kier molecular flexibility index (Phi) is 5.06. The second-order valence-corrected chi connectivity index (χ2v) is 6.10. The number of furan rings is 1. The molecule has 3 heterocycles. The van der Waals surface area contributed by atoms with Crippen LogP contribution in [0.25, 0.3) is 11.3 Å². The second kappa shape index (κ2) is 7.59. The van der Waals surface area contributed by atoms with Crippen molar-refractivity contribution in [2.45, 2.75) is 5.03 Å². The smallest absolute Gasteiger partial charge is 0.320 e. The number of hydrogen-bond donors (Lipinski definition) is 1. The summed E-state index contributed by atoms with van der Waals surface area (Å²) in [5.74, 6) is -0.312. The van der Waals surface area contributed by atoms with Gasteiger partial charge in [0.25, 0.3) is 6.20 Å². The number of aromatic nitrogens is 3. The van der Waals surface area contributed by atoms with Crippen LogP contribution < -0.4 is 15.5 Å². The van der Waals surface area contributed by atoms with Crippen molar-refractivity contribution >= 4 is 29.4 Å². The van der Waals surface area contributed by atoms with E-state index in [1.807, 2.05) is 12.1 Å². The molecule has 0 aliphatic carbocycles. The number of aryl methyl sites for hydroxylation is 1. The van der Waals surface area contributed by atoms with Gasteiger partial charge in [-0.1, -0.05) is 16.4 Å². The van der Waals surface area contributed by atoms with Crippen LogP contribution in [0.15, 0.2) is 43.6 Å². The maximum atomic E-state index is 12.0. The SMILES string of the molecule is C[n+]1cc(/N=C(\[O-])CSc2nc(N)c(C#N)c(-c3ccco3)c2C#N)on1. The molecule has 0 saturated carbocycles. The molecule has 0 atom stereocenters. The molecule has 0 saturated heterocycles. The molecule has 0 spiro atoms. The average Bonchev–Trinajstić information content (AvgIpc) is 3.31. The highest BCUT2D eigenvalue weighted by Crippen LogP contribution is 2.35. The van der Waals surface area contributed by atoms with Crippen LogP contribution in [0.1, 0.15) is 11.1 Å². The van der Waals surface area contributed by atoms with Crippen LogP contribution >= 0.6 is 11.8 Å². The quantitative estimate of drug-likeness (QED) is 0.289. The summed E-state index contributed by atoms with van der Waals surface area (Å²) < 4.78 is 11.5. The van der Waals surface area contributed by atoms with Crippen LogP contribution in [0, 0.1) is 22.7 Å². The van der Waals surface area contributed by atoms with Gasteiger partial charge in [-0.3, -0.25) is 4.52 Å². The van der Waals surface area contributed by atoms with Crippen molar-refractivity contribution in [2.24, 2.45) is 12.0 Å². The predicted molar refractivity (Wildman–Crippen MR) is 91.3 cm³/mol. The van der Waals surface area contributed by atoms with E-state index < -0.39 is 5.90 Å². The first-order valence-electron chi connectivity index (χ1n) is 7.41. The number of nitrogens with zero attached hydrogens (tertiary/aromatic N) is 6. The summed E-state index contributed by atoms with van der Waals surface area (Å²) in [6, 6.07) is 7.18. The highest BCUT2D eigenvalue weighted by Gasteiger charge is 2.22. The lowest BCUT2D eigenvalue weighted by Gasteiger charge is -2.12. The normalized spacial score (nSPS) is 11.1. The number of nitrogens with two attached hydrogens (primary N) is 1. The van der Waals surface area contributed by atoms with Gasteiger partial charge in [-0.2, -0.15) is 10.5 Å². The molecule has 0 aromatic carbocycles. The number of pyridine rings is 1. The highest BCUT2D eigenvalue weighted by atomic mass is 32.2. The van der Waals surface area contributed by atoms with E-state index in [2.05, 4.69) is 15.2 Å². The molecule has 3 aromatic rings. The van der Waals surface area contributed by atoms with Gasteiger partial charge in [0.1, 0.15) is 34.3 Å². The third kappa shape index (κ3) is 3.73. The Morgan fingerprint density at radius 2 is 2.19 bits per heavy atom. The molecule has 0 fully saturated rings. The van der Waals surface area contributed by atoms with Gasteiger partial charge in [-0.15, -0.1) is 0 Å². The molecule has 11 heteroatoms. The number of nitriles is 2. The Balaban J connectivity index is 1.95. The Morgan fingerprint density at radius 1 is 1.41 bits per heavy atom. The molecule has 134 valence electrons. The summed E-state index contributed by atoms with van der Waals surface area (Å²) in [5.41, 5.74) is 6.24. The molecule has 2 N–H and O–H groups in total. The number of rotatable bonds is 5. The zero-order chi connectivity index (χ0) is 19.4. The zero-order valence-corrected chi connectivity index (χ0v) is 14.7. The minimum absolute atomic E-state index is 0.0380. The van der Waals surface area contributed by atoms with E-state index in [-0.39, 0.29) is 39.2 Å². The highest BCUT2D eigenvalue weighted by molar-refractivity contribution is 7.99. The van der Waals surface area contributed by atoms with E-state index in [1.54, 1.807) is 19.2 Å². The van der Waals surface area contributed by atoms with E-state index >= 15 is 0 Å². The fourth-order valence-corrected chi connectivity index (χ4v) is 3.00. The average molecular weight is 381 g/mol. The number of thioether (sulfide) groups is 1. The molecular formula is C16H11N7O3S. The third-order valence-electron chi connectivity index (χ3n) is 3.31. The summed E-state index contributed by atoms with van der Waals surface area (Å²) in [6.45, 7) is 0. The third-order valence-corrected chi connectivity index (χ3v) is 4.27. The van der Waals surface area contributed by atoms with E-state index in [9.17, 15) is 15.6 Å². The summed E-state index contributed by atoms with van der Waals surface area (Å²) in [5, 5.41) is 34.7. The number of nitrogen functional groups attached to an aromatic ring is 1. The summed E-state index contributed by atoms with van der Waals surface area (Å²) in [7, 11) is 1.63. The van der Waals surface area contributed by atoms with Gasteiger partial charge in [0.2, 0.25) is 0 Å². The molecule has 3 aromatic heterocycles. The van der Waals surface area contributed by atoms with E-state index in [1.165, 1.54) is 17.1 Å². The Hall–Kier alpha value is -3.83. The lowest BCUT2D eigenvalue weighted by Crippen LogP contribution is -2.27. The molecule has 27 heavy (non-hydrogen) atoms. The first-order chi connectivity index (χ1) is 13.0. The maximum Gasteiger partial charge on any atom is 0.320 e. The summed E-state index contributed by atoms with van der Waals surface area (Å²) >= 11 is 0.974. The standard InChI is InChI=1S/C16H11N7O3S/c1-23-7-13(26-22-23)20-12(24)8-27-16-10(6-18)14(11-3-2-4-25-11)9(5-17)15(19)21-16/h2-4,7H,8H2,1H3,(H2-,19,20,21,22,24). The molecular weight excluding hydrogens is 370 g/mol. The Bertz CT molecular complexity index is 1090. The molecule has 0 bridgehead atoms. The first kappa shape index (κ1) is 18.0.